The minimum atomic E-state index is -3.05. The van der Waals surface area contributed by atoms with Gasteiger partial charge in [-0.25, -0.2) is 8.42 Å². The van der Waals surface area contributed by atoms with Crippen LogP contribution < -0.4 is 5.32 Å². The molecule has 2 atom stereocenters. The number of sulfone groups is 1. The molecule has 5 nitrogen and oxygen atoms in total. The highest BCUT2D eigenvalue weighted by atomic mass is 32.2. The number of hydrogen-bond donors (Lipinski definition) is 2. The van der Waals surface area contributed by atoms with Gasteiger partial charge < -0.3 is 15.2 Å². The molecule has 1 aromatic carbocycles. The fourth-order valence-electron chi connectivity index (χ4n) is 1.94. The number of hydrogen-bond acceptors (Lipinski definition) is 5. The monoisotopic (exact) mass is 297 g/mol. The summed E-state index contributed by atoms with van der Waals surface area (Å²) >= 11 is 0. The molecule has 2 N–H and O–H groups in total. The summed E-state index contributed by atoms with van der Waals surface area (Å²) in [4.78, 5) is 0. The van der Waals surface area contributed by atoms with E-state index in [9.17, 15) is 13.5 Å². The molecule has 2 rings (SSSR count). The smallest absolute Gasteiger partial charge is 0.173 e. The van der Waals surface area contributed by atoms with E-state index < -0.39 is 15.9 Å². The van der Waals surface area contributed by atoms with E-state index in [-0.39, 0.29) is 18.4 Å². The summed E-state index contributed by atoms with van der Waals surface area (Å²) < 4.78 is 27.8. The van der Waals surface area contributed by atoms with Crippen LogP contribution in [0.5, 0.6) is 0 Å². The van der Waals surface area contributed by atoms with Gasteiger partial charge in [0.25, 0.3) is 0 Å². The van der Waals surface area contributed by atoms with Gasteiger partial charge in [-0.3, -0.25) is 0 Å². The van der Waals surface area contributed by atoms with Crippen molar-refractivity contribution in [3.05, 3.63) is 47.4 Å². The van der Waals surface area contributed by atoms with Crippen molar-refractivity contribution < 1.29 is 18.3 Å². The SMILES string of the molecule is O=S1(=O)C=CC(NCC(O)COCc2ccccc2)C1. The van der Waals surface area contributed by atoms with Crippen LogP contribution >= 0.6 is 0 Å². The summed E-state index contributed by atoms with van der Waals surface area (Å²) in [6.07, 6.45) is 0.947. The Morgan fingerprint density at radius 3 is 2.75 bits per heavy atom. The summed E-state index contributed by atoms with van der Waals surface area (Å²) in [5.41, 5.74) is 1.05. The van der Waals surface area contributed by atoms with E-state index in [2.05, 4.69) is 5.32 Å². The lowest BCUT2D eigenvalue weighted by atomic mass is 10.2. The van der Waals surface area contributed by atoms with Gasteiger partial charge in [0.05, 0.1) is 25.1 Å². The lowest BCUT2D eigenvalue weighted by Crippen LogP contribution is -2.38. The maximum absolute atomic E-state index is 11.2. The first kappa shape index (κ1) is 15.2. The van der Waals surface area contributed by atoms with Gasteiger partial charge >= 0.3 is 0 Å². The molecule has 1 heterocycles. The first-order valence-corrected chi connectivity index (χ1v) is 8.21. The third-order valence-corrected chi connectivity index (χ3v) is 4.36. The molecular weight excluding hydrogens is 278 g/mol. The second-order valence-corrected chi connectivity index (χ2v) is 6.76. The second kappa shape index (κ2) is 6.99. The highest BCUT2D eigenvalue weighted by molar-refractivity contribution is 7.94. The Balaban J connectivity index is 1.61. The average molecular weight is 297 g/mol. The highest BCUT2D eigenvalue weighted by Crippen LogP contribution is 2.07. The molecule has 0 saturated heterocycles. The van der Waals surface area contributed by atoms with E-state index in [0.29, 0.717) is 13.2 Å². The number of nitrogens with one attached hydrogen (secondary N) is 1. The molecule has 0 amide bonds. The van der Waals surface area contributed by atoms with Crippen molar-refractivity contribution >= 4 is 9.84 Å². The van der Waals surface area contributed by atoms with Crippen molar-refractivity contribution in [2.24, 2.45) is 0 Å². The number of benzene rings is 1. The van der Waals surface area contributed by atoms with Crippen LogP contribution in [0.25, 0.3) is 0 Å². The molecule has 0 spiro atoms. The minimum Gasteiger partial charge on any atom is -0.389 e. The predicted octanol–water partition coefficient (Wildman–Crippen LogP) is 0.464. The normalized spacial score (nSPS) is 21.9. The fourth-order valence-corrected chi connectivity index (χ4v) is 3.21. The first-order chi connectivity index (χ1) is 9.55. The Hall–Kier alpha value is -1.21. The zero-order valence-corrected chi connectivity index (χ0v) is 11.9. The summed E-state index contributed by atoms with van der Waals surface area (Å²) in [7, 11) is -3.05. The van der Waals surface area contributed by atoms with Crippen molar-refractivity contribution in [1.82, 2.24) is 5.32 Å². The van der Waals surface area contributed by atoms with Crippen LogP contribution in [0.15, 0.2) is 41.8 Å². The van der Waals surface area contributed by atoms with Gasteiger partial charge in [-0.15, -0.1) is 0 Å². The van der Waals surface area contributed by atoms with Crippen LogP contribution in [0.1, 0.15) is 5.56 Å². The zero-order chi connectivity index (χ0) is 14.4. The van der Waals surface area contributed by atoms with Gasteiger partial charge in [0, 0.05) is 18.0 Å². The van der Waals surface area contributed by atoms with E-state index in [1.165, 1.54) is 5.41 Å². The topological polar surface area (TPSA) is 75.6 Å². The van der Waals surface area contributed by atoms with Crippen molar-refractivity contribution in [2.75, 3.05) is 18.9 Å². The molecule has 0 aromatic heterocycles. The van der Waals surface area contributed by atoms with E-state index >= 15 is 0 Å². The standard InChI is InChI=1S/C14H19NO4S/c16-14(8-15-13-6-7-20(17,18)11-13)10-19-9-12-4-2-1-3-5-12/h1-7,13-16H,8-11H2. The van der Waals surface area contributed by atoms with Crippen molar-refractivity contribution in [1.29, 1.82) is 0 Å². The molecule has 1 aliphatic rings. The molecular formula is C14H19NO4S. The Labute approximate surface area is 119 Å². The van der Waals surface area contributed by atoms with Crippen LogP contribution in [-0.4, -0.2) is 44.6 Å². The summed E-state index contributed by atoms with van der Waals surface area (Å²) in [6, 6.07) is 9.50. The van der Waals surface area contributed by atoms with Gasteiger partial charge in [0.15, 0.2) is 9.84 Å². The third-order valence-electron chi connectivity index (χ3n) is 2.97. The summed E-state index contributed by atoms with van der Waals surface area (Å²) in [6.45, 7) is 0.972. The maximum atomic E-state index is 11.2. The van der Waals surface area contributed by atoms with Crippen LogP contribution in [-0.2, 0) is 21.2 Å². The van der Waals surface area contributed by atoms with Gasteiger partial charge in [-0.05, 0) is 5.56 Å². The van der Waals surface area contributed by atoms with Crippen LogP contribution in [0.4, 0.5) is 0 Å². The van der Waals surface area contributed by atoms with Crippen molar-refractivity contribution in [3.63, 3.8) is 0 Å². The fraction of sp³-hybridized carbons (Fsp3) is 0.429. The van der Waals surface area contributed by atoms with Crippen LogP contribution in [0.2, 0.25) is 0 Å². The number of ether oxygens (including phenoxy) is 1. The number of rotatable bonds is 7. The largest absolute Gasteiger partial charge is 0.389 e. The van der Waals surface area contributed by atoms with Crippen molar-refractivity contribution in [3.8, 4) is 0 Å². The molecule has 2 unspecified atom stereocenters. The zero-order valence-electron chi connectivity index (χ0n) is 11.1. The number of aliphatic hydroxyl groups excluding tert-OH is 1. The molecule has 6 heteroatoms. The molecule has 1 aromatic rings. The van der Waals surface area contributed by atoms with Gasteiger partial charge in [0.2, 0.25) is 0 Å². The molecule has 0 bridgehead atoms. The Morgan fingerprint density at radius 1 is 1.35 bits per heavy atom. The second-order valence-electron chi connectivity index (χ2n) is 4.83. The maximum Gasteiger partial charge on any atom is 0.173 e. The van der Waals surface area contributed by atoms with E-state index in [1.807, 2.05) is 30.3 Å². The third kappa shape index (κ3) is 5.05. The van der Waals surface area contributed by atoms with Gasteiger partial charge in [-0.2, -0.15) is 0 Å². The highest BCUT2D eigenvalue weighted by Gasteiger charge is 2.21. The average Bonchev–Trinajstić information content (AvgIpc) is 2.77. The Bertz CT molecular complexity index is 542. The molecule has 110 valence electrons. The lowest BCUT2D eigenvalue weighted by Gasteiger charge is -2.15. The molecule has 0 radical (unpaired) electrons. The first-order valence-electron chi connectivity index (χ1n) is 6.49. The molecule has 0 saturated carbocycles. The minimum absolute atomic E-state index is 0.0601. The summed E-state index contributed by atoms with van der Waals surface area (Å²) in [5.74, 6) is 0.0601. The molecule has 0 fully saturated rings. The van der Waals surface area contributed by atoms with Crippen molar-refractivity contribution in [2.45, 2.75) is 18.8 Å². The van der Waals surface area contributed by atoms with Gasteiger partial charge in [-0.1, -0.05) is 36.4 Å². The molecule has 0 aliphatic carbocycles. The predicted molar refractivity (Wildman–Crippen MR) is 76.8 cm³/mol. The van der Waals surface area contributed by atoms with E-state index in [1.54, 1.807) is 6.08 Å². The molecule has 20 heavy (non-hydrogen) atoms. The van der Waals surface area contributed by atoms with Crippen LogP contribution in [0.3, 0.4) is 0 Å². The van der Waals surface area contributed by atoms with E-state index in [4.69, 9.17) is 4.74 Å². The summed E-state index contributed by atoms with van der Waals surface area (Å²) in [5, 5.41) is 14.0. The molecule has 1 aliphatic heterocycles. The van der Waals surface area contributed by atoms with E-state index in [0.717, 1.165) is 5.56 Å². The van der Waals surface area contributed by atoms with Gasteiger partial charge in [0.1, 0.15) is 0 Å². The lowest BCUT2D eigenvalue weighted by molar-refractivity contribution is 0.0284. The quantitative estimate of drug-likeness (QED) is 0.765. The number of aliphatic hydroxyl groups is 1. The Morgan fingerprint density at radius 2 is 2.10 bits per heavy atom. The van der Waals surface area contributed by atoms with Crippen LogP contribution in [0, 0.1) is 0 Å². The Kier molecular flexibility index (Phi) is 5.31.